The van der Waals surface area contributed by atoms with E-state index in [4.69, 9.17) is 4.42 Å². The summed E-state index contributed by atoms with van der Waals surface area (Å²) < 4.78 is 5.80. The van der Waals surface area contributed by atoms with E-state index < -0.39 is 0 Å². The molecule has 0 saturated heterocycles. The minimum Gasteiger partial charge on any atom is -0.463 e. The minimum absolute atomic E-state index is 0.681. The molecule has 0 aliphatic heterocycles. The van der Waals surface area contributed by atoms with Crippen molar-refractivity contribution in [2.75, 3.05) is 19.6 Å². The summed E-state index contributed by atoms with van der Waals surface area (Å²) >= 11 is 0. The molecule has 0 bridgehead atoms. The Bertz CT molecular complexity index is 303. The minimum atomic E-state index is 0.681. The lowest BCUT2D eigenvalue weighted by molar-refractivity contribution is 0.264. The maximum atomic E-state index is 5.80. The van der Waals surface area contributed by atoms with Crippen molar-refractivity contribution >= 4 is 0 Å². The van der Waals surface area contributed by atoms with Crippen LogP contribution in [-0.2, 0) is 13.1 Å². The van der Waals surface area contributed by atoms with Gasteiger partial charge in [-0.15, -0.1) is 0 Å². The van der Waals surface area contributed by atoms with Gasteiger partial charge < -0.3 is 9.73 Å². The van der Waals surface area contributed by atoms with Gasteiger partial charge in [-0.05, 0) is 37.7 Å². The van der Waals surface area contributed by atoms with E-state index in [1.807, 2.05) is 0 Å². The average Bonchev–Trinajstić information content (AvgIpc) is 2.73. The summed E-state index contributed by atoms with van der Waals surface area (Å²) in [4.78, 5) is 2.35. The third-order valence-electron chi connectivity index (χ3n) is 2.84. The van der Waals surface area contributed by atoms with Gasteiger partial charge in [0, 0.05) is 0 Å². The topological polar surface area (TPSA) is 28.4 Å². The second-order valence-electron chi connectivity index (χ2n) is 4.85. The summed E-state index contributed by atoms with van der Waals surface area (Å²) in [5, 5.41) is 3.39. The zero-order valence-electron chi connectivity index (χ0n) is 11.6. The molecule has 3 nitrogen and oxygen atoms in total. The second-order valence-corrected chi connectivity index (χ2v) is 4.85. The van der Waals surface area contributed by atoms with E-state index in [1.165, 1.54) is 0 Å². The Morgan fingerprint density at radius 1 is 1.18 bits per heavy atom. The molecule has 0 aromatic carbocycles. The van der Waals surface area contributed by atoms with E-state index in [0.717, 1.165) is 44.2 Å². The molecule has 1 N–H and O–H groups in total. The highest BCUT2D eigenvalue weighted by molar-refractivity contribution is 5.07. The third-order valence-corrected chi connectivity index (χ3v) is 2.84. The number of hydrogen-bond donors (Lipinski definition) is 1. The fourth-order valence-corrected chi connectivity index (χ4v) is 1.75. The number of nitrogens with one attached hydrogen (secondary N) is 1. The zero-order valence-corrected chi connectivity index (χ0v) is 11.6. The molecule has 0 atom stereocenters. The van der Waals surface area contributed by atoms with Crippen molar-refractivity contribution in [3.05, 3.63) is 23.7 Å². The van der Waals surface area contributed by atoms with Crippen LogP contribution in [-0.4, -0.2) is 24.5 Å². The molecule has 0 aliphatic rings. The molecule has 1 rings (SSSR count). The van der Waals surface area contributed by atoms with Gasteiger partial charge in [-0.3, -0.25) is 4.90 Å². The van der Waals surface area contributed by atoms with Crippen LogP contribution in [0.15, 0.2) is 16.5 Å². The predicted molar refractivity (Wildman–Crippen MR) is 71.9 cm³/mol. The van der Waals surface area contributed by atoms with E-state index in [1.54, 1.807) is 0 Å². The highest BCUT2D eigenvalue weighted by Crippen LogP contribution is 2.10. The first kappa shape index (κ1) is 14.3. The molecule has 0 spiro atoms. The Kier molecular flexibility index (Phi) is 6.30. The molecule has 0 unspecified atom stereocenters. The van der Waals surface area contributed by atoms with Crippen LogP contribution in [0.1, 0.15) is 39.2 Å². The van der Waals surface area contributed by atoms with Gasteiger partial charge in [0.2, 0.25) is 0 Å². The molecule has 1 heterocycles. The maximum Gasteiger partial charge on any atom is 0.118 e. The molecule has 17 heavy (non-hydrogen) atoms. The van der Waals surface area contributed by atoms with Crippen LogP contribution in [0.25, 0.3) is 0 Å². The SMILES string of the molecule is CCN(CC)Cc1ccc(CNCC(C)C)o1. The summed E-state index contributed by atoms with van der Waals surface area (Å²) in [5.74, 6) is 2.78. The monoisotopic (exact) mass is 238 g/mol. The molecule has 0 fully saturated rings. The number of nitrogens with zero attached hydrogens (tertiary/aromatic N) is 1. The van der Waals surface area contributed by atoms with E-state index >= 15 is 0 Å². The molecule has 1 aromatic rings. The standard InChI is InChI=1S/C14H26N2O/c1-5-16(6-2)11-14-8-7-13(17-14)10-15-9-12(3)4/h7-8,12,15H,5-6,9-11H2,1-4H3. The lowest BCUT2D eigenvalue weighted by atomic mass is 10.2. The Morgan fingerprint density at radius 2 is 1.82 bits per heavy atom. The van der Waals surface area contributed by atoms with Gasteiger partial charge in [-0.25, -0.2) is 0 Å². The van der Waals surface area contributed by atoms with E-state index in [9.17, 15) is 0 Å². The first-order chi connectivity index (χ1) is 8.15. The fourth-order valence-electron chi connectivity index (χ4n) is 1.75. The summed E-state index contributed by atoms with van der Waals surface area (Å²) in [6.45, 7) is 13.7. The largest absolute Gasteiger partial charge is 0.463 e. The van der Waals surface area contributed by atoms with Crippen LogP contribution in [0.5, 0.6) is 0 Å². The smallest absolute Gasteiger partial charge is 0.118 e. The Hall–Kier alpha value is -0.800. The third kappa shape index (κ3) is 5.37. The van der Waals surface area contributed by atoms with Crippen LogP contribution in [0, 0.1) is 5.92 Å². The van der Waals surface area contributed by atoms with Gasteiger partial charge >= 0.3 is 0 Å². The van der Waals surface area contributed by atoms with Crippen molar-refractivity contribution in [3.63, 3.8) is 0 Å². The highest BCUT2D eigenvalue weighted by Gasteiger charge is 2.06. The van der Waals surface area contributed by atoms with Crippen molar-refractivity contribution in [1.82, 2.24) is 10.2 Å². The Morgan fingerprint density at radius 3 is 2.41 bits per heavy atom. The quantitative estimate of drug-likeness (QED) is 0.755. The molecule has 0 aliphatic carbocycles. The fraction of sp³-hybridized carbons (Fsp3) is 0.714. The van der Waals surface area contributed by atoms with E-state index in [2.05, 4.69) is 50.0 Å². The van der Waals surface area contributed by atoms with Crippen LogP contribution >= 0.6 is 0 Å². The summed E-state index contributed by atoms with van der Waals surface area (Å²) in [6.07, 6.45) is 0. The van der Waals surface area contributed by atoms with E-state index in [-0.39, 0.29) is 0 Å². The summed E-state index contributed by atoms with van der Waals surface area (Å²) in [5.41, 5.74) is 0. The second kappa shape index (κ2) is 7.51. The van der Waals surface area contributed by atoms with Gasteiger partial charge in [0.1, 0.15) is 11.5 Å². The molecule has 0 saturated carbocycles. The number of furan rings is 1. The first-order valence-corrected chi connectivity index (χ1v) is 6.66. The maximum absolute atomic E-state index is 5.80. The van der Waals surface area contributed by atoms with Crippen molar-refractivity contribution in [3.8, 4) is 0 Å². The molecule has 0 amide bonds. The Balaban J connectivity index is 2.37. The molecule has 98 valence electrons. The molecular weight excluding hydrogens is 212 g/mol. The molecule has 3 heteroatoms. The van der Waals surface area contributed by atoms with Gasteiger partial charge in [0.15, 0.2) is 0 Å². The van der Waals surface area contributed by atoms with Gasteiger partial charge in [-0.1, -0.05) is 27.7 Å². The molecular formula is C14H26N2O. The van der Waals surface area contributed by atoms with Gasteiger partial charge in [0.05, 0.1) is 13.1 Å². The van der Waals surface area contributed by atoms with Crippen molar-refractivity contribution in [2.45, 2.75) is 40.8 Å². The normalized spacial score (nSPS) is 11.6. The van der Waals surface area contributed by atoms with E-state index in [0.29, 0.717) is 5.92 Å². The summed E-state index contributed by atoms with van der Waals surface area (Å²) in [7, 11) is 0. The number of hydrogen-bond acceptors (Lipinski definition) is 3. The van der Waals surface area contributed by atoms with Crippen molar-refractivity contribution in [2.24, 2.45) is 5.92 Å². The first-order valence-electron chi connectivity index (χ1n) is 6.66. The van der Waals surface area contributed by atoms with Crippen LogP contribution < -0.4 is 5.32 Å². The Labute approximate surface area is 105 Å². The van der Waals surface area contributed by atoms with Crippen molar-refractivity contribution < 1.29 is 4.42 Å². The molecule has 0 radical (unpaired) electrons. The van der Waals surface area contributed by atoms with Crippen LogP contribution in [0.3, 0.4) is 0 Å². The van der Waals surface area contributed by atoms with Crippen LogP contribution in [0.2, 0.25) is 0 Å². The zero-order chi connectivity index (χ0) is 12.7. The average molecular weight is 238 g/mol. The lowest BCUT2D eigenvalue weighted by Crippen LogP contribution is -2.21. The predicted octanol–water partition coefficient (Wildman–Crippen LogP) is 2.87. The molecule has 1 aromatic heterocycles. The summed E-state index contributed by atoms with van der Waals surface area (Å²) in [6, 6.07) is 4.16. The number of rotatable bonds is 8. The lowest BCUT2D eigenvalue weighted by Gasteiger charge is -2.15. The van der Waals surface area contributed by atoms with Crippen LogP contribution in [0.4, 0.5) is 0 Å². The van der Waals surface area contributed by atoms with Gasteiger partial charge in [-0.2, -0.15) is 0 Å². The van der Waals surface area contributed by atoms with Crippen molar-refractivity contribution in [1.29, 1.82) is 0 Å². The van der Waals surface area contributed by atoms with Gasteiger partial charge in [0.25, 0.3) is 0 Å². The highest BCUT2D eigenvalue weighted by atomic mass is 16.3.